The van der Waals surface area contributed by atoms with Gasteiger partial charge in [0.05, 0.1) is 0 Å². The van der Waals surface area contributed by atoms with Gasteiger partial charge in [0.2, 0.25) is 0 Å². The Morgan fingerprint density at radius 1 is 1.13 bits per heavy atom. The second-order valence-electron chi connectivity index (χ2n) is 4.88. The third kappa shape index (κ3) is 2.82. The quantitative estimate of drug-likeness (QED) is 0.696. The molecule has 2 rings (SSSR count). The van der Waals surface area contributed by atoms with Crippen LogP contribution in [-0.4, -0.2) is 6.04 Å². The highest BCUT2D eigenvalue weighted by molar-refractivity contribution is 5.25. The van der Waals surface area contributed by atoms with Gasteiger partial charge in [0.25, 0.3) is 0 Å². The Morgan fingerprint density at radius 2 is 2.00 bits per heavy atom. The van der Waals surface area contributed by atoms with Gasteiger partial charge in [-0.2, -0.15) is 0 Å². The van der Waals surface area contributed by atoms with Gasteiger partial charge in [-0.05, 0) is 44.1 Å². The molecule has 82 valence electrons. The van der Waals surface area contributed by atoms with Crippen LogP contribution in [0.2, 0.25) is 0 Å². The number of aryl methyl sites for hydroxylation is 1. The van der Waals surface area contributed by atoms with Crippen molar-refractivity contribution in [3.8, 4) is 0 Å². The first-order valence-corrected chi connectivity index (χ1v) is 6.08. The first-order valence-electron chi connectivity index (χ1n) is 6.08. The number of benzene rings is 1. The van der Waals surface area contributed by atoms with Crippen LogP contribution in [0.4, 0.5) is 0 Å². The summed E-state index contributed by atoms with van der Waals surface area (Å²) in [6.07, 6.45) is 6.28. The van der Waals surface area contributed by atoms with Crippen LogP contribution in [0.5, 0.6) is 0 Å². The minimum atomic E-state index is 0.444. The van der Waals surface area contributed by atoms with Crippen molar-refractivity contribution in [1.29, 1.82) is 0 Å². The van der Waals surface area contributed by atoms with E-state index >= 15 is 0 Å². The molecule has 1 saturated carbocycles. The van der Waals surface area contributed by atoms with Crippen LogP contribution in [0.1, 0.15) is 49.1 Å². The van der Waals surface area contributed by atoms with Gasteiger partial charge in [0, 0.05) is 6.04 Å². The van der Waals surface area contributed by atoms with E-state index in [1.165, 1.54) is 43.2 Å². The molecular formula is C14H21N. The van der Waals surface area contributed by atoms with Crippen molar-refractivity contribution in [1.82, 2.24) is 0 Å². The molecule has 1 aliphatic rings. The Hall–Kier alpha value is -0.820. The van der Waals surface area contributed by atoms with Crippen molar-refractivity contribution in [2.24, 2.45) is 5.73 Å². The van der Waals surface area contributed by atoms with Crippen molar-refractivity contribution >= 4 is 0 Å². The van der Waals surface area contributed by atoms with E-state index in [1.807, 2.05) is 0 Å². The second kappa shape index (κ2) is 4.80. The normalized spacial score (nSPS) is 27.3. The van der Waals surface area contributed by atoms with E-state index in [2.05, 4.69) is 31.2 Å². The Bertz CT molecular complexity index is 319. The van der Waals surface area contributed by atoms with Gasteiger partial charge >= 0.3 is 0 Å². The molecule has 0 saturated heterocycles. The lowest BCUT2D eigenvalue weighted by Gasteiger charge is -2.15. The van der Waals surface area contributed by atoms with Gasteiger partial charge in [-0.3, -0.25) is 0 Å². The summed E-state index contributed by atoms with van der Waals surface area (Å²) < 4.78 is 0. The minimum absolute atomic E-state index is 0.444. The molecule has 0 heterocycles. The molecule has 1 nitrogen and oxygen atoms in total. The molecule has 0 radical (unpaired) electrons. The SMILES string of the molecule is Cc1cccc(C2CCCC(N)CC2)c1. The highest BCUT2D eigenvalue weighted by atomic mass is 14.6. The summed E-state index contributed by atoms with van der Waals surface area (Å²) in [6.45, 7) is 2.17. The van der Waals surface area contributed by atoms with Gasteiger partial charge in [-0.25, -0.2) is 0 Å². The molecule has 2 N–H and O–H groups in total. The monoisotopic (exact) mass is 203 g/mol. The van der Waals surface area contributed by atoms with Crippen LogP contribution in [0, 0.1) is 6.92 Å². The highest BCUT2D eigenvalue weighted by Crippen LogP contribution is 2.31. The van der Waals surface area contributed by atoms with Crippen molar-refractivity contribution in [2.75, 3.05) is 0 Å². The number of rotatable bonds is 1. The van der Waals surface area contributed by atoms with Crippen LogP contribution < -0.4 is 5.73 Å². The fraction of sp³-hybridized carbons (Fsp3) is 0.571. The fourth-order valence-electron chi connectivity index (χ4n) is 2.59. The van der Waals surface area contributed by atoms with Crippen LogP contribution in [0.15, 0.2) is 24.3 Å². The lowest BCUT2D eigenvalue weighted by Crippen LogP contribution is -2.17. The molecule has 0 bridgehead atoms. The minimum Gasteiger partial charge on any atom is -0.328 e. The largest absolute Gasteiger partial charge is 0.328 e. The number of hydrogen-bond donors (Lipinski definition) is 1. The van der Waals surface area contributed by atoms with Crippen molar-refractivity contribution in [2.45, 2.75) is 51.0 Å². The Labute approximate surface area is 92.7 Å². The summed E-state index contributed by atoms with van der Waals surface area (Å²) in [7, 11) is 0. The summed E-state index contributed by atoms with van der Waals surface area (Å²) >= 11 is 0. The Balaban J connectivity index is 2.09. The molecule has 1 heteroatoms. The summed E-state index contributed by atoms with van der Waals surface area (Å²) in [5, 5.41) is 0. The maximum atomic E-state index is 6.00. The summed E-state index contributed by atoms with van der Waals surface area (Å²) in [4.78, 5) is 0. The lowest BCUT2D eigenvalue weighted by molar-refractivity contribution is 0.568. The van der Waals surface area contributed by atoms with E-state index in [1.54, 1.807) is 0 Å². The van der Waals surface area contributed by atoms with Crippen molar-refractivity contribution in [3.63, 3.8) is 0 Å². The van der Waals surface area contributed by atoms with Gasteiger partial charge < -0.3 is 5.73 Å². The van der Waals surface area contributed by atoms with Gasteiger partial charge in [-0.1, -0.05) is 36.2 Å². The molecular weight excluding hydrogens is 182 g/mol. The molecule has 0 spiro atoms. The van der Waals surface area contributed by atoms with E-state index in [4.69, 9.17) is 5.73 Å². The molecule has 0 aliphatic heterocycles. The summed E-state index contributed by atoms with van der Waals surface area (Å²) in [6, 6.07) is 9.40. The Morgan fingerprint density at radius 3 is 2.80 bits per heavy atom. The maximum absolute atomic E-state index is 6.00. The number of hydrogen-bond acceptors (Lipinski definition) is 1. The average Bonchev–Trinajstić information content (AvgIpc) is 2.43. The summed E-state index contributed by atoms with van der Waals surface area (Å²) in [5.74, 6) is 0.749. The molecule has 1 aliphatic carbocycles. The van der Waals surface area contributed by atoms with Gasteiger partial charge in [0.1, 0.15) is 0 Å². The number of nitrogens with two attached hydrogens (primary N) is 1. The van der Waals surface area contributed by atoms with E-state index < -0.39 is 0 Å². The third-order valence-electron chi connectivity index (χ3n) is 3.53. The topological polar surface area (TPSA) is 26.0 Å². The average molecular weight is 203 g/mol. The maximum Gasteiger partial charge on any atom is 0.00390 e. The fourth-order valence-corrected chi connectivity index (χ4v) is 2.59. The first kappa shape index (κ1) is 10.7. The molecule has 0 amide bonds. The van der Waals surface area contributed by atoms with Gasteiger partial charge in [0.15, 0.2) is 0 Å². The molecule has 2 unspecified atom stereocenters. The van der Waals surface area contributed by atoms with E-state index in [0.29, 0.717) is 6.04 Å². The Kier molecular flexibility index (Phi) is 3.42. The van der Waals surface area contributed by atoms with Crippen molar-refractivity contribution in [3.05, 3.63) is 35.4 Å². The van der Waals surface area contributed by atoms with Crippen molar-refractivity contribution < 1.29 is 0 Å². The standard InChI is InChI=1S/C14H21N/c1-11-4-2-6-13(10-11)12-5-3-7-14(15)9-8-12/h2,4,6,10,12,14H,3,5,7-9,15H2,1H3. The molecule has 2 atom stereocenters. The van der Waals surface area contributed by atoms with E-state index in [9.17, 15) is 0 Å². The van der Waals surface area contributed by atoms with Crippen LogP contribution >= 0.6 is 0 Å². The zero-order valence-electron chi connectivity index (χ0n) is 9.58. The second-order valence-corrected chi connectivity index (χ2v) is 4.88. The summed E-state index contributed by atoms with van der Waals surface area (Å²) in [5.41, 5.74) is 8.90. The zero-order chi connectivity index (χ0) is 10.7. The predicted octanol–water partition coefficient (Wildman–Crippen LogP) is 3.37. The highest BCUT2D eigenvalue weighted by Gasteiger charge is 2.17. The van der Waals surface area contributed by atoms with Crippen LogP contribution in [0.25, 0.3) is 0 Å². The molecule has 15 heavy (non-hydrogen) atoms. The molecule has 1 aromatic carbocycles. The van der Waals surface area contributed by atoms with Gasteiger partial charge in [-0.15, -0.1) is 0 Å². The lowest BCUT2D eigenvalue weighted by atomic mass is 9.91. The smallest absolute Gasteiger partial charge is 0.00390 e. The molecule has 1 fully saturated rings. The van der Waals surface area contributed by atoms with E-state index in [-0.39, 0.29) is 0 Å². The third-order valence-corrected chi connectivity index (χ3v) is 3.53. The molecule has 0 aromatic heterocycles. The molecule has 1 aromatic rings. The first-order chi connectivity index (χ1) is 7.25. The predicted molar refractivity (Wildman–Crippen MR) is 65.0 cm³/mol. The van der Waals surface area contributed by atoms with E-state index in [0.717, 1.165) is 5.92 Å². The zero-order valence-corrected chi connectivity index (χ0v) is 9.58. The van der Waals surface area contributed by atoms with Crippen LogP contribution in [0.3, 0.4) is 0 Å². The van der Waals surface area contributed by atoms with Crippen LogP contribution in [-0.2, 0) is 0 Å².